The highest BCUT2D eigenvalue weighted by Gasteiger charge is 2.23. The Kier molecular flexibility index (Phi) is 4.12. The zero-order valence-corrected chi connectivity index (χ0v) is 9.31. The van der Waals surface area contributed by atoms with E-state index < -0.39 is 0 Å². The van der Waals surface area contributed by atoms with Crippen molar-refractivity contribution in [2.45, 2.75) is 46.0 Å². The Morgan fingerprint density at radius 2 is 1.93 bits per heavy atom. The van der Waals surface area contributed by atoms with Crippen molar-refractivity contribution < 1.29 is 4.39 Å². The summed E-state index contributed by atoms with van der Waals surface area (Å²) in [4.78, 5) is 0. The third-order valence-corrected chi connectivity index (χ3v) is 2.50. The minimum absolute atomic E-state index is 0.0538. The van der Waals surface area contributed by atoms with E-state index in [9.17, 15) is 4.39 Å². The van der Waals surface area contributed by atoms with E-state index in [0.29, 0.717) is 0 Å². The molecule has 0 spiro atoms. The zero-order chi connectivity index (χ0) is 10.6. The highest BCUT2D eigenvalue weighted by Crippen LogP contribution is 2.40. The summed E-state index contributed by atoms with van der Waals surface area (Å²) in [5, 5.41) is 0. The lowest BCUT2D eigenvalue weighted by molar-refractivity contribution is 0.611. The fourth-order valence-corrected chi connectivity index (χ4v) is 1.54. The van der Waals surface area contributed by atoms with E-state index in [1.807, 2.05) is 32.9 Å². The lowest BCUT2D eigenvalue weighted by Gasteiger charge is -2.02. The highest BCUT2D eigenvalue weighted by atomic mass is 19.1. The van der Waals surface area contributed by atoms with Crippen LogP contribution in [0.25, 0.3) is 0 Å². The molecule has 0 unspecified atom stereocenters. The third kappa shape index (κ3) is 2.57. The van der Waals surface area contributed by atoms with Crippen LogP contribution in [0.4, 0.5) is 4.39 Å². The van der Waals surface area contributed by atoms with Crippen LogP contribution >= 0.6 is 0 Å². The average molecular weight is 194 g/mol. The molecule has 1 aromatic rings. The Labute approximate surface area is 86.2 Å². The monoisotopic (exact) mass is 194 g/mol. The first-order chi connectivity index (χ1) is 6.81. The van der Waals surface area contributed by atoms with Gasteiger partial charge in [0.25, 0.3) is 0 Å². The number of halogens is 1. The number of rotatable bonds is 2. The summed E-state index contributed by atoms with van der Waals surface area (Å²) in [6.45, 7) is 6.00. The minimum atomic E-state index is -0.0538. The van der Waals surface area contributed by atoms with Crippen molar-refractivity contribution in [3.63, 3.8) is 0 Å². The average Bonchev–Trinajstić information content (AvgIpc) is 3.05. The van der Waals surface area contributed by atoms with E-state index in [0.717, 1.165) is 17.9 Å². The largest absolute Gasteiger partial charge is 0.207 e. The van der Waals surface area contributed by atoms with Crippen LogP contribution in [0, 0.1) is 5.82 Å². The molecule has 1 heteroatoms. The molecule has 2 rings (SSSR count). The molecule has 0 saturated heterocycles. The molecular weight excluding hydrogens is 175 g/mol. The van der Waals surface area contributed by atoms with Gasteiger partial charge in [0.1, 0.15) is 5.82 Å². The second-order valence-electron chi connectivity index (χ2n) is 3.48. The van der Waals surface area contributed by atoms with E-state index in [1.54, 1.807) is 6.07 Å². The molecular formula is C13H19F. The van der Waals surface area contributed by atoms with Gasteiger partial charge in [-0.2, -0.15) is 0 Å². The quantitative estimate of drug-likeness (QED) is 0.658. The van der Waals surface area contributed by atoms with Crippen LogP contribution in [0.5, 0.6) is 0 Å². The van der Waals surface area contributed by atoms with Crippen molar-refractivity contribution in [2.75, 3.05) is 0 Å². The lowest BCUT2D eigenvalue weighted by atomic mass is 10.1. The second-order valence-corrected chi connectivity index (χ2v) is 3.48. The molecule has 0 aliphatic heterocycles. The number of hydrogen-bond donors (Lipinski definition) is 0. The molecule has 1 fully saturated rings. The van der Waals surface area contributed by atoms with Crippen LogP contribution in [0.15, 0.2) is 18.2 Å². The third-order valence-electron chi connectivity index (χ3n) is 2.50. The van der Waals surface area contributed by atoms with Gasteiger partial charge in [0.2, 0.25) is 0 Å². The molecule has 0 nitrogen and oxygen atoms in total. The molecule has 1 saturated carbocycles. The van der Waals surface area contributed by atoms with E-state index in [-0.39, 0.29) is 5.82 Å². The molecule has 78 valence electrons. The summed E-state index contributed by atoms with van der Waals surface area (Å²) in [5.41, 5.74) is 2.19. The van der Waals surface area contributed by atoms with Gasteiger partial charge in [0.05, 0.1) is 0 Å². The molecule has 1 aliphatic carbocycles. The van der Waals surface area contributed by atoms with Crippen LogP contribution in [0.3, 0.4) is 0 Å². The molecule has 0 bridgehead atoms. The van der Waals surface area contributed by atoms with Gasteiger partial charge in [-0.15, -0.1) is 0 Å². The maximum absolute atomic E-state index is 13.1. The normalized spacial score (nSPS) is 14.6. The summed E-state index contributed by atoms with van der Waals surface area (Å²) < 4.78 is 13.1. The molecule has 0 amide bonds. The van der Waals surface area contributed by atoms with Crippen molar-refractivity contribution in [1.29, 1.82) is 0 Å². The molecule has 1 aromatic carbocycles. The molecule has 1 aliphatic rings. The molecule has 0 atom stereocenters. The van der Waals surface area contributed by atoms with Gasteiger partial charge in [-0.1, -0.05) is 32.9 Å². The summed E-state index contributed by atoms with van der Waals surface area (Å²) in [7, 11) is 0. The van der Waals surface area contributed by atoms with Crippen molar-refractivity contribution in [1.82, 2.24) is 0 Å². The molecule has 0 heterocycles. The van der Waals surface area contributed by atoms with E-state index in [2.05, 4.69) is 0 Å². The Balaban J connectivity index is 0.000000461. The van der Waals surface area contributed by atoms with E-state index in [4.69, 9.17) is 0 Å². The smallest absolute Gasteiger partial charge is 0.126 e. The fraction of sp³-hybridized carbons (Fsp3) is 0.538. The summed E-state index contributed by atoms with van der Waals surface area (Å²) in [5.74, 6) is 0.679. The maximum atomic E-state index is 13.1. The number of aryl methyl sites for hydroxylation is 1. The van der Waals surface area contributed by atoms with Crippen LogP contribution in [-0.4, -0.2) is 0 Å². The summed E-state index contributed by atoms with van der Waals surface area (Å²) >= 11 is 0. The number of hydrogen-bond acceptors (Lipinski definition) is 0. The lowest BCUT2D eigenvalue weighted by Crippen LogP contribution is -1.89. The molecule has 0 radical (unpaired) electrons. The Bertz CT molecular complexity index is 287. The van der Waals surface area contributed by atoms with Gasteiger partial charge in [-0.3, -0.25) is 0 Å². The second kappa shape index (κ2) is 5.14. The van der Waals surface area contributed by atoms with Gasteiger partial charge >= 0.3 is 0 Å². The van der Waals surface area contributed by atoms with Gasteiger partial charge in [0.15, 0.2) is 0 Å². The fourth-order valence-electron chi connectivity index (χ4n) is 1.54. The van der Waals surface area contributed by atoms with E-state index >= 15 is 0 Å². The highest BCUT2D eigenvalue weighted by molar-refractivity contribution is 5.30. The van der Waals surface area contributed by atoms with Crippen LogP contribution in [0.1, 0.15) is 50.7 Å². The van der Waals surface area contributed by atoms with Crippen LogP contribution in [0.2, 0.25) is 0 Å². The standard InChI is InChI=1S/C11H13F.C2H6/c1-2-8-7-10(9-3-4-9)5-6-11(8)12;1-2/h5-7,9H,2-4H2,1H3;1-2H3. The van der Waals surface area contributed by atoms with Gasteiger partial charge in [0, 0.05) is 0 Å². The van der Waals surface area contributed by atoms with Gasteiger partial charge < -0.3 is 0 Å². The Morgan fingerprint density at radius 1 is 1.29 bits per heavy atom. The topological polar surface area (TPSA) is 0 Å². The first-order valence-electron chi connectivity index (χ1n) is 5.59. The van der Waals surface area contributed by atoms with Crippen molar-refractivity contribution in [2.24, 2.45) is 0 Å². The predicted octanol–water partition coefficient (Wildman–Crippen LogP) is 4.29. The first kappa shape index (κ1) is 11.2. The Hall–Kier alpha value is -0.850. The van der Waals surface area contributed by atoms with Crippen LogP contribution in [-0.2, 0) is 6.42 Å². The summed E-state index contributed by atoms with van der Waals surface area (Å²) in [6.07, 6.45) is 3.37. The first-order valence-corrected chi connectivity index (χ1v) is 5.59. The van der Waals surface area contributed by atoms with Gasteiger partial charge in [-0.25, -0.2) is 4.39 Å². The maximum Gasteiger partial charge on any atom is 0.126 e. The van der Waals surface area contributed by atoms with Crippen molar-refractivity contribution in [3.05, 3.63) is 35.1 Å². The molecule has 14 heavy (non-hydrogen) atoms. The van der Waals surface area contributed by atoms with E-state index in [1.165, 1.54) is 18.4 Å². The van der Waals surface area contributed by atoms with Crippen molar-refractivity contribution >= 4 is 0 Å². The molecule has 0 aromatic heterocycles. The van der Waals surface area contributed by atoms with Gasteiger partial charge in [-0.05, 0) is 42.4 Å². The summed E-state index contributed by atoms with van der Waals surface area (Å²) in [6, 6.07) is 5.55. The van der Waals surface area contributed by atoms with Crippen molar-refractivity contribution in [3.8, 4) is 0 Å². The SMILES string of the molecule is CC.CCc1cc(C2CC2)ccc1F. The molecule has 0 N–H and O–H groups in total. The number of benzene rings is 1. The Morgan fingerprint density at radius 3 is 2.43 bits per heavy atom. The zero-order valence-electron chi connectivity index (χ0n) is 9.31. The predicted molar refractivity (Wildman–Crippen MR) is 59.1 cm³/mol. The minimum Gasteiger partial charge on any atom is -0.207 e. The van der Waals surface area contributed by atoms with Crippen LogP contribution < -0.4 is 0 Å².